The summed E-state index contributed by atoms with van der Waals surface area (Å²) in [4.78, 5) is 11.5. The van der Waals surface area contributed by atoms with Crippen LogP contribution in [0.25, 0.3) is 0 Å². The van der Waals surface area contributed by atoms with Gasteiger partial charge in [-0.1, -0.05) is 0 Å². The van der Waals surface area contributed by atoms with E-state index in [1.165, 1.54) is 7.11 Å². The van der Waals surface area contributed by atoms with Crippen LogP contribution in [0.2, 0.25) is 0 Å². The van der Waals surface area contributed by atoms with Crippen LogP contribution in [0.3, 0.4) is 0 Å². The van der Waals surface area contributed by atoms with Crippen molar-refractivity contribution in [1.29, 1.82) is 0 Å². The lowest BCUT2D eigenvalue weighted by Crippen LogP contribution is -2.44. The minimum absolute atomic E-state index is 0.121. The molecule has 7 heteroatoms. The molecule has 0 aromatic carbocycles. The zero-order valence-corrected chi connectivity index (χ0v) is 13.2. The minimum atomic E-state index is -0.384. The predicted molar refractivity (Wildman–Crippen MR) is 83.0 cm³/mol. The third kappa shape index (κ3) is 5.00. The molecule has 0 aliphatic heterocycles. The smallest absolute Gasteiger partial charge is 0.354 e. The number of hydrazone groups is 1. The lowest BCUT2D eigenvalue weighted by molar-refractivity contribution is 0.0590. The van der Waals surface area contributed by atoms with E-state index in [1.54, 1.807) is 30.1 Å². The summed E-state index contributed by atoms with van der Waals surface area (Å²) in [6, 6.07) is 1.69. The number of thiocarbonyl (C=S) groups is 1. The fourth-order valence-corrected chi connectivity index (χ4v) is 1.86. The Bertz CT molecular complexity index is 529. The number of hydrogen-bond donors (Lipinski definition) is 2. The quantitative estimate of drug-likeness (QED) is 0.382. The molecule has 0 atom stereocenters. The topological polar surface area (TPSA) is 67.7 Å². The van der Waals surface area contributed by atoms with Crippen LogP contribution in [0.1, 0.15) is 36.8 Å². The standard InChI is InChI=1S/C13H20N4O2S/c1-13(2,3)15-12(20)16-14-7-9-6-10(11(18)19-5)17(4)8-9/h6-8H,1-5H3,(H2,15,16,20)/b14-7+. The zero-order valence-electron chi connectivity index (χ0n) is 12.4. The van der Waals surface area contributed by atoms with Gasteiger partial charge in [-0.05, 0) is 39.1 Å². The van der Waals surface area contributed by atoms with E-state index in [0.717, 1.165) is 5.56 Å². The van der Waals surface area contributed by atoms with Crippen LogP contribution >= 0.6 is 12.2 Å². The molecule has 0 radical (unpaired) electrons. The van der Waals surface area contributed by atoms with E-state index >= 15 is 0 Å². The van der Waals surface area contributed by atoms with Crippen LogP contribution in [0.15, 0.2) is 17.4 Å². The van der Waals surface area contributed by atoms with Gasteiger partial charge in [0, 0.05) is 24.3 Å². The Kier molecular flexibility index (Phi) is 5.26. The molecule has 0 saturated heterocycles. The third-order valence-corrected chi connectivity index (χ3v) is 2.48. The largest absolute Gasteiger partial charge is 0.464 e. The molecule has 0 aliphatic rings. The van der Waals surface area contributed by atoms with Gasteiger partial charge in [0.1, 0.15) is 5.69 Å². The highest BCUT2D eigenvalue weighted by atomic mass is 32.1. The van der Waals surface area contributed by atoms with Crippen molar-refractivity contribution in [3.8, 4) is 0 Å². The number of ether oxygens (including phenoxy) is 1. The summed E-state index contributed by atoms with van der Waals surface area (Å²) >= 11 is 5.09. The second kappa shape index (κ2) is 6.51. The van der Waals surface area contributed by atoms with Gasteiger partial charge in [-0.15, -0.1) is 0 Å². The summed E-state index contributed by atoms with van der Waals surface area (Å²) in [7, 11) is 3.12. The van der Waals surface area contributed by atoms with Crippen molar-refractivity contribution in [2.45, 2.75) is 26.3 Å². The number of aryl methyl sites for hydroxylation is 1. The number of carbonyl (C=O) groups is 1. The highest BCUT2D eigenvalue weighted by Gasteiger charge is 2.11. The lowest BCUT2D eigenvalue weighted by atomic mass is 10.1. The second-order valence-electron chi connectivity index (χ2n) is 5.34. The molecule has 1 aromatic rings. The van der Waals surface area contributed by atoms with Crippen LogP contribution < -0.4 is 10.7 Å². The first kappa shape index (κ1) is 16.2. The lowest BCUT2D eigenvalue weighted by Gasteiger charge is -2.21. The number of methoxy groups -OCH3 is 1. The number of hydrogen-bond acceptors (Lipinski definition) is 4. The van der Waals surface area contributed by atoms with Crippen molar-refractivity contribution in [1.82, 2.24) is 15.3 Å². The number of aromatic nitrogens is 1. The van der Waals surface area contributed by atoms with Gasteiger partial charge in [-0.3, -0.25) is 5.43 Å². The molecule has 0 bridgehead atoms. The summed E-state index contributed by atoms with van der Waals surface area (Å²) in [6.45, 7) is 6.01. The van der Waals surface area contributed by atoms with Crippen LogP contribution in [0, 0.1) is 0 Å². The molecule has 1 heterocycles. The Morgan fingerprint density at radius 1 is 1.50 bits per heavy atom. The highest BCUT2D eigenvalue weighted by molar-refractivity contribution is 7.80. The van der Waals surface area contributed by atoms with Crippen molar-refractivity contribution in [3.63, 3.8) is 0 Å². The molecular weight excluding hydrogens is 276 g/mol. The van der Waals surface area contributed by atoms with Crippen LogP contribution in [0.5, 0.6) is 0 Å². The number of carbonyl (C=O) groups excluding carboxylic acids is 1. The molecule has 110 valence electrons. The highest BCUT2D eigenvalue weighted by Crippen LogP contribution is 2.06. The normalized spacial score (nSPS) is 11.4. The van der Waals surface area contributed by atoms with E-state index in [1.807, 2.05) is 20.8 Å². The van der Waals surface area contributed by atoms with Crippen molar-refractivity contribution < 1.29 is 9.53 Å². The van der Waals surface area contributed by atoms with Crippen LogP contribution in [0.4, 0.5) is 0 Å². The van der Waals surface area contributed by atoms with Gasteiger partial charge < -0.3 is 14.6 Å². The molecule has 1 aromatic heterocycles. The van der Waals surface area contributed by atoms with Gasteiger partial charge in [0.25, 0.3) is 0 Å². The van der Waals surface area contributed by atoms with Crippen molar-refractivity contribution in [3.05, 3.63) is 23.5 Å². The SMILES string of the molecule is COC(=O)c1cc(/C=N/NC(=S)NC(C)(C)C)cn1C. The molecule has 0 fully saturated rings. The maximum absolute atomic E-state index is 11.5. The van der Waals surface area contributed by atoms with Crippen LogP contribution in [-0.4, -0.2) is 34.5 Å². The average molecular weight is 296 g/mol. The zero-order chi connectivity index (χ0) is 15.3. The first-order chi connectivity index (χ1) is 9.23. The monoisotopic (exact) mass is 296 g/mol. The molecule has 2 N–H and O–H groups in total. The number of nitrogens with one attached hydrogen (secondary N) is 2. The molecule has 0 spiro atoms. The molecular formula is C13H20N4O2S. The van der Waals surface area contributed by atoms with Crippen molar-refractivity contribution in [2.75, 3.05) is 7.11 Å². The van der Waals surface area contributed by atoms with Crippen molar-refractivity contribution >= 4 is 29.5 Å². The number of rotatable bonds is 3. The van der Waals surface area contributed by atoms with E-state index in [2.05, 4.69) is 20.6 Å². The summed E-state index contributed by atoms with van der Waals surface area (Å²) in [5.74, 6) is -0.384. The Hall–Kier alpha value is -1.89. The summed E-state index contributed by atoms with van der Waals surface area (Å²) in [5, 5.41) is 7.54. The first-order valence-corrected chi connectivity index (χ1v) is 6.49. The minimum Gasteiger partial charge on any atom is -0.464 e. The average Bonchev–Trinajstić information content (AvgIpc) is 2.67. The molecule has 0 aliphatic carbocycles. The molecule has 20 heavy (non-hydrogen) atoms. The van der Waals surface area contributed by atoms with Gasteiger partial charge in [0.2, 0.25) is 0 Å². The van der Waals surface area contributed by atoms with Gasteiger partial charge in [-0.2, -0.15) is 5.10 Å². The summed E-state index contributed by atoms with van der Waals surface area (Å²) < 4.78 is 6.36. The maximum Gasteiger partial charge on any atom is 0.354 e. The predicted octanol–water partition coefficient (Wildman–Crippen LogP) is 1.41. The Morgan fingerprint density at radius 2 is 2.15 bits per heavy atom. The van der Waals surface area contributed by atoms with Gasteiger partial charge in [0.05, 0.1) is 13.3 Å². The van der Waals surface area contributed by atoms with E-state index in [-0.39, 0.29) is 11.5 Å². The summed E-state index contributed by atoms with van der Waals surface area (Å²) in [5.41, 5.74) is 3.84. The van der Waals surface area contributed by atoms with Crippen LogP contribution in [-0.2, 0) is 11.8 Å². The van der Waals surface area contributed by atoms with E-state index in [4.69, 9.17) is 12.2 Å². The Morgan fingerprint density at radius 3 is 2.70 bits per heavy atom. The fraction of sp³-hybridized carbons (Fsp3) is 0.462. The van der Waals surface area contributed by atoms with Gasteiger partial charge in [-0.25, -0.2) is 4.79 Å². The third-order valence-electron chi connectivity index (χ3n) is 2.29. The maximum atomic E-state index is 11.5. The Balaban J connectivity index is 2.63. The molecule has 1 rings (SSSR count). The molecule has 0 saturated carbocycles. The van der Waals surface area contributed by atoms with E-state index < -0.39 is 0 Å². The molecule has 0 amide bonds. The van der Waals surface area contributed by atoms with Gasteiger partial charge in [0.15, 0.2) is 5.11 Å². The number of esters is 1. The number of nitrogens with zero attached hydrogens (tertiary/aromatic N) is 2. The molecule has 0 unspecified atom stereocenters. The second-order valence-corrected chi connectivity index (χ2v) is 5.74. The van der Waals surface area contributed by atoms with Crippen molar-refractivity contribution in [2.24, 2.45) is 12.1 Å². The van der Waals surface area contributed by atoms with E-state index in [0.29, 0.717) is 10.8 Å². The van der Waals surface area contributed by atoms with Gasteiger partial charge >= 0.3 is 5.97 Å². The fourth-order valence-electron chi connectivity index (χ4n) is 1.50. The Labute approximate surface area is 124 Å². The first-order valence-electron chi connectivity index (χ1n) is 6.09. The molecule has 6 nitrogen and oxygen atoms in total. The van der Waals surface area contributed by atoms with E-state index in [9.17, 15) is 4.79 Å². The summed E-state index contributed by atoms with van der Waals surface area (Å²) in [6.07, 6.45) is 3.36.